The molecule has 5 heteroatoms. The average molecular weight is 225 g/mol. The van der Waals surface area contributed by atoms with Gasteiger partial charge in [0, 0.05) is 26.2 Å². The number of hydrogen-bond acceptors (Lipinski definition) is 3. The fraction of sp³-hybridized carbons (Fsp3) is 0.818. The Bertz CT molecular complexity index is 283. The van der Waals surface area contributed by atoms with Crippen LogP contribution in [-0.4, -0.2) is 54.3 Å². The van der Waals surface area contributed by atoms with E-state index in [1.165, 1.54) is 0 Å². The minimum atomic E-state index is -0.440. The summed E-state index contributed by atoms with van der Waals surface area (Å²) in [5.74, 6) is 0. The van der Waals surface area contributed by atoms with Gasteiger partial charge in [-0.15, -0.1) is 0 Å². The van der Waals surface area contributed by atoms with Gasteiger partial charge in [0.15, 0.2) is 0 Å². The van der Waals surface area contributed by atoms with E-state index in [0.29, 0.717) is 19.8 Å². The number of ether oxygens (including phenoxy) is 1. The number of rotatable bonds is 1. The van der Waals surface area contributed by atoms with Crippen molar-refractivity contribution in [2.24, 2.45) is 0 Å². The Hall–Kier alpha value is -1.28. The summed E-state index contributed by atoms with van der Waals surface area (Å²) >= 11 is 0. The fourth-order valence-electron chi connectivity index (χ4n) is 1.50. The average Bonchev–Trinajstić information content (AvgIpc) is 2.16. The van der Waals surface area contributed by atoms with Crippen LogP contribution in [0, 0.1) is 6.57 Å². The molecule has 1 heterocycles. The highest BCUT2D eigenvalue weighted by Gasteiger charge is 2.26. The molecule has 1 rings (SSSR count). The maximum absolute atomic E-state index is 11.7. The normalized spacial score (nSPS) is 18.0. The lowest BCUT2D eigenvalue weighted by Gasteiger charge is -2.33. The van der Waals surface area contributed by atoms with E-state index in [4.69, 9.17) is 11.3 Å². The van der Waals surface area contributed by atoms with Crippen LogP contribution in [0.15, 0.2) is 0 Å². The standard InChI is InChI=1S/C11H19N3O2/c1-11(2,3)16-10(15)14-7-5-13(6-8-14)9-12-4/h5-9H2,1-3H3. The third-order valence-corrected chi connectivity index (χ3v) is 2.29. The largest absolute Gasteiger partial charge is 0.444 e. The van der Waals surface area contributed by atoms with E-state index >= 15 is 0 Å². The molecule has 1 saturated heterocycles. The van der Waals surface area contributed by atoms with Crippen LogP contribution >= 0.6 is 0 Å². The van der Waals surface area contributed by atoms with Gasteiger partial charge in [-0.25, -0.2) is 16.3 Å². The van der Waals surface area contributed by atoms with Gasteiger partial charge in [-0.2, -0.15) is 0 Å². The Morgan fingerprint density at radius 1 is 1.31 bits per heavy atom. The molecule has 0 aromatic rings. The number of piperazine rings is 1. The second kappa shape index (κ2) is 5.17. The number of hydrogen-bond donors (Lipinski definition) is 0. The molecule has 0 N–H and O–H groups in total. The predicted molar refractivity (Wildman–Crippen MR) is 60.8 cm³/mol. The molecule has 1 amide bonds. The molecule has 5 nitrogen and oxygen atoms in total. The lowest BCUT2D eigenvalue weighted by Crippen LogP contribution is -2.49. The molecule has 1 fully saturated rings. The zero-order valence-corrected chi connectivity index (χ0v) is 10.2. The third-order valence-electron chi connectivity index (χ3n) is 2.29. The smallest absolute Gasteiger partial charge is 0.410 e. The molecule has 1 aliphatic heterocycles. The van der Waals surface area contributed by atoms with Crippen LogP contribution in [0.5, 0.6) is 0 Å². The Morgan fingerprint density at radius 2 is 1.88 bits per heavy atom. The Morgan fingerprint density at radius 3 is 2.31 bits per heavy atom. The van der Waals surface area contributed by atoms with Crippen LogP contribution in [0.4, 0.5) is 4.79 Å². The minimum absolute atomic E-state index is 0.255. The van der Waals surface area contributed by atoms with Crippen molar-refractivity contribution in [2.45, 2.75) is 26.4 Å². The van der Waals surface area contributed by atoms with Gasteiger partial charge in [-0.1, -0.05) is 0 Å². The first kappa shape index (κ1) is 12.8. The summed E-state index contributed by atoms with van der Waals surface area (Å²) in [6.07, 6.45) is -0.255. The summed E-state index contributed by atoms with van der Waals surface area (Å²) < 4.78 is 5.28. The van der Waals surface area contributed by atoms with E-state index in [2.05, 4.69) is 4.85 Å². The van der Waals surface area contributed by atoms with Gasteiger partial charge < -0.3 is 9.64 Å². The van der Waals surface area contributed by atoms with Crippen LogP contribution in [-0.2, 0) is 4.74 Å². The van der Waals surface area contributed by atoms with E-state index in [-0.39, 0.29) is 6.09 Å². The maximum Gasteiger partial charge on any atom is 0.410 e. The Kier molecular flexibility index (Phi) is 4.13. The van der Waals surface area contributed by atoms with Gasteiger partial charge in [0.05, 0.1) is 0 Å². The zero-order valence-electron chi connectivity index (χ0n) is 10.2. The Balaban J connectivity index is 2.37. The molecule has 0 spiro atoms. The summed E-state index contributed by atoms with van der Waals surface area (Å²) in [6, 6.07) is 0. The van der Waals surface area contributed by atoms with Crippen LogP contribution in [0.1, 0.15) is 20.8 Å². The monoisotopic (exact) mass is 225 g/mol. The first-order valence-corrected chi connectivity index (χ1v) is 5.46. The van der Waals surface area contributed by atoms with E-state index in [1.807, 2.05) is 25.7 Å². The molecule has 0 saturated carbocycles. The van der Waals surface area contributed by atoms with E-state index < -0.39 is 5.60 Å². The molecule has 0 radical (unpaired) electrons. The van der Waals surface area contributed by atoms with Crippen molar-refractivity contribution in [2.75, 3.05) is 32.8 Å². The summed E-state index contributed by atoms with van der Waals surface area (Å²) in [6.45, 7) is 15.6. The lowest BCUT2D eigenvalue weighted by atomic mass is 10.2. The van der Waals surface area contributed by atoms with Crippen molar-refractivity contribution < 1.29 is 9.53 Å². The molecule has 16 heavy (non-hydrogen) atoms. The predicted octanol–water partition coefficient (Wildman–Crippen LogP) is 1.42. The maximum atomic E-state index is 11.7. The Labute approximate surface area is 96.8 Å². The highest BCUT2D eigenvalue weighted by Crippen LogP contribution is 2.11. The summed E-state index contributed by atoms with van der Waals surface area (Å²) in [5, 5.41) is 0. The molecular formula is C11H19N3O2. The van der Waals surface area contributed by atoms with Crippen molar-refractivity contribution in [3.63, 3.8) is 0 Å². The first-order chi connectivity index (χ1) is 7.42. The molecule has 0 atom stereocenters. The zero-order chi connectivity index (χ0) is 12.2. The van der Waals surface area contributed by atoms with Gasteiger partial charge in [0.25, 0.3) is 6.67 Å². The molecule has 0 aromatic heterocycles. The van der Waals surface area contributed by atoms with Gasteiger partial charge in [-0.3, -0.25) is 4.85 Å². The second-order valence-corrected chi connectivity index (χ2v) is 4.88. The summed E-state index contributed by atoms with van der Waals surface area (Å²) in [4.78, 5) is 18.8. The topological polar surface area (TPSA) is 37.1 Å². The molecule has 0 aliphatic carbocycles. The lowest BCUT2D eigenvalue weighted by molar-refractivity contribution is 0.0154. The number of carbonyl (C=O) groups is 1. The minimum Gasteiger partial charge on any atom is -0.444 e. The van der Waals surface area contributed by atoms with Crippen molar-refractivity contribution in [1.29, 1.82) is 0 Å². The number of nitrogens with zero attached hydrogens (tertiary/aromatic N) is 3. The van der Waals surface area contributed by atoms with E-state index in [9.17, 15) is 4.79 Å². The van der Waals surface area contributed by atoms with Crippen molar-refractivity contribution in [3.8, 4) is 0 Å². The van der Waals surface area contributed by atoms with Crippen LogP contribution in [0.3, 0.4) is 0 Å². The molecule has 1 aliphatic rings. The molecule has 0 bridgehead atoms. The van der Waals surface area contributed by atoms with Crippen molar-refractivity contribution >= 4 is 6.09 Å². The second-order valence-electron chi connectivity index (χ2n) is 4.88. The summed E-state index contributed by atoms with van der Waals surface area (Å²) in [7, 11) is 0. The van der Waals surface area contributed by atoms with Gasteiger partial charge in [-0.05, 0) is 20.8 Å². The van der Waals surface area contributed by atoms with Gasteiger partial charge in [0.1, 0.15) is 5.60 Å². The molecule has 0 unspecified atom stereocenters. The van der Waals surface area contributed by atoms with E-state index in [1.54, 1.807) is 4.90 Å². The van der Waals surface area contributed by atoms with Crippen molar-refractivity contribution in [1.82, 2.24) is 9.80 Å². The highest BCUT2D eigenvalue weighted by atomic mass is 16.6. The quantitative estimate of drug-likeness (QED) is 0.633. The molecular weight excluding hydrogens is 206 g/mol. The van der Waals surface area contributed by atoms with Crippen LogP contribution in [0.2, 0.25) is 0 Å². The van der Waals surface area contributed by atoms with Gasteiger partial charge >= 0.3 is 6.09 Å². The number of carbonyl (C=O) groups excluding carboxylic acids is 1. The fourth-order valence-corrected chi connectivity index (χ4v) is 1.50. The SMILES string of the molecule is [C-]#[N+]CN1CCN(C(=O)OC(C)(C)C)CC1. The van der Waals surface area contributed by atoms with Crippen LogP contribution < -0.4 is 0 Å². The molecule has 0 aromatic carbocycles. The van der Waals surface area contributed by atoms with Crippen LogP contribution in [0.25, 0.3) is 4.85 Å². The highest BCUT2D eigenvalue weighted by molar-refractivity contribution is 5.68. The van der Waals surface area contributed by atoms with E-state index in [0.717, 1.165) is 13.1 Å². The van der Waals surface area contributed by atoms with Gasteiger partial charge in [0.2, 0.25) is 0 Å². The third kappa shape index (κ3) is 4.07. The molecule has 90 valence electrons. The number of amides is 1. The summed E-state index contributed by atoms with van der Waals surface area (Å²) in [5.41, 5.74) is -0.440. The first-order valence-electron chi connectivity index (χ1n) is 5.46. The van der Waals surface area contributed by atoms with Crippen molar-refractivity contribution in [3.05, 3.63) is 11.4 Å².